The maximum Gasteiger partial charge on any atom is 0.313 e. The second-order valence-electron chi connectivity index (χ2n) is 6.50. The van der Waals surface area contributed by atoms with Gasteiger partial charge in [0.15, 0.2) is 0 Å². The lowest BCUT2D eigenvalue weighted by atomic mass is 10.2. The van der Waals surface area contributed by atoms with Crippen LogP contribution in [0, 0.1) is 10.1 Å². The minimum atomic E-state index is -0.740. The molecular weight excluding hydrogens is 492 g/mol. The van der Waals surface area contributed by atoms with E-state index in [-0.39, 0.29) is 21.9 Å². The van der Waals surface area contributed by atoms with Gasteiger partial charge in [0.1, 0.15) is 5.82 Å². The van der Waals surface area contributed by atoms with Crippen molar-refractivity contribution in [3.63, 3.8) is 0 Å². The number of nitro groups is 1. The largest absolute Gasteiger partial charge is 0.418 e. The molecule has 0 aliphatic rings. The average molecular weight is 508 g/mol. The van der Waals surface area contributed by atoms with Crippen molar-refractivity contribution in [2.45, 2.75) is 26.7 Å². The van der Waals surface area contributed by atoms with Crippen molar-refractivity contribution >= 4 is 56.3 Å². The summed E-state index contributed by atoms with van der Waals surface area (Å²) in [7, 11) is 0. The minimum Gasteiger partial charge on any atom is -0.418 e. The highest BCUT2D eigenvalue weighted by Gasteiger charge is 2.22. The predicted molar refractivity (Wildman–Crippen MR) is 120 cm³/mol. The standard InChI is InChI=1S/C20H16BrClN4O5/c1-3-4-18-24-16-6-5-13(21)9-14(16)20(28)25(18)23-10-12-7-15(22)19(31-11(2)27)17(8-12)26(29)30/h5-10H,3-4H2,1-2H3. The van der Waals surface area contributed by atoms with Gasteiger partial charge in [0.2, 0.25) is 5.75 Å². The highest BCUT2D eigenvalue weighted by Crippen LogP contribution is 2.36. The smallest absolute Gasteiger partial charge is 0.313 e. The van der Waals surface area contributed by atoms with Crippen LogP contribution in [0.5, 0.6) is 5.75 Å². The van der Waals surface area contributed by atoms with Crippen molar-refractivity contribution in [2.24, 2.45) is 5.10 Å². The van der Waals surface area contributed by atoms with Gasteiger partial charge in [-0.25, -0.2) is 4.98 Å². The van der Waals surface area contributed by atoms with E-state index in [2.05, 4.69) is 26.0 Å². The maximum atomic E-state index is 13.0. The maximum absolute atomic E-state index is 13.0. The molecule has 3 rings (SSSR count). The molecule has 0 spiro atoms. The van der Waals surface area contributed by atoms with Crippen LogP contribution in [-0.2, 0) is 11.2 Å². The fourth-order valence-corrected chi connectivity index (χ4v) is 3.50. The van der Waals surface area contributed by atoms with Crippen LogP contribution >= 0.6 is 27.5 Å². The lowest BCUT2D eigenvalue weighted by molar-refractivity contribution is -0.385. The first kappa shape index (κ1) is 22.6. The summed E-state index contributed by atoms with van der Waals surface area (Å²) < 4.78 is 6.75. The third-order valence-electron chi connectivity index (χ3n) is 4.16. The van der Waals surface area contributed by atoms with Crippen LogP contribution < -0.4 is 10.3 Å². The number of halogens is 2. The molecule has 0 radical (unpaired) electrons. The number of esters is 1. The Hall–Kier alpha value is -3.11. The topological polar surface area (TPSA) is 117 Å². The normalized spacial score (nSPS) is 11.2. The second-order valence-corrected chi connectivity index (χ2v) is 7.83. The third-order valence-corrected chi connectivity index (χ3v) is 4.93. The van der Waals surface area contributed by atoms with Gasteiger partial charge in [0, 0.05) is 29.4 Å². The Bertz CT molecular complexity index is 1290. The van der Waals surface area contributed by atoms with E-state index < -0.39 is 16.6 Å². The molecule has 2 aromatic carbocycles. The molecule has 0 fully saturated rings. The molecular formula is C20H16BrClN4O5. The molecule has 0 bridgehead atoms. The van der Waals surface area contributed by atoms with Crippen LogP contribution in [0.4, 0.5) is 5.69 Å². The van der Waals surface area contributed by atoms with Gasteiger partial charge in [0.25, 0.3) is 5.56 Å². The zero-order valence-corrected chi connectivity index (χ0v) is 18.8. The number of hydrogen-bond acceptors (Lipinski definition) is 7. The summed E-state index contributed by atoms with van der Waals surface area (Å²) in [6.45, 7) is 3.06. The molecule has 0 saturated heterocycles. The zero-order chi connectivity index (χ0) is 22.7. The van der Waals surface area contributed by atoms with Gasteiger partial charge in [-0.2, -0.15) is 9.78 Å². The fraction of sp³-hybridized carbons (Fsp3) is 0.200. The molecule has 9 nitrogen and oxygen atoms in total. The number of fused-ring (bicyclic) bond motifs is 1. The Labute approximate surface area is 189 Å². The number of carbonyl (C=O) groups excluding carboxylic acids is 1. The molecule has 11 heteroatoms. The van der Waals surface area contributed by atoms with E-state index in [0.717, 1.165) is 28.6 Å². The molecule has 0 aliphatic carbocycles. The van der Waals surface area contributed by atoms with E-state index in [4.69, 9.17) is 16.3 Å². The number of aryl methyl sites for hydroxylation is 1. The summed E-state index contributed by atoms with van der Waals surface area (Å²) in [5.74, 6) is -0.636. The first-order valence-corrected chi connectivity index (χ1v) is 10.3. The number of aromatic nitrogens is 2. The van der Waals surface area contributed by atoms with E-state index in [9.17, 15) is 19.7 Å². The van der Waals surface area contributed by atoms with E-state index in [1.54, 1.807) is 18.2 Å². The van der Waals surface area contributed by atoms with Gasteiger partial charge in [-0.3, -0.25) is 19.7 Å². The van der Waals surface area contributed by atoms with Crippen LogP contribution in [0.2, 0.25) is 5.02 Å². The predicted octanol–water partition coefficient (Wildman–Crippen LogP) is 4.48. The molecule has 1 aromatic heterocycles. The number of nitrogens with zero attached hydrogens (tertiary/aromatic N) is 4. The van der Waals surface area contributed by atoms with Crippen LogP contribution in [0.1, 0.15) is 31.7 Å². The van der Waals surface area contributed by atoms with Crippen molar-refractivity contribution < 1.29 is 14.5 Å². The third kappa shape index (κ3) is 4.97. The summed E-state index contributed by atoms with van der Waals surface area (Å²) in [6.07, 6.45) is 2.51. The Kier molecular flexibility index (Phi) is 6.81. The quantitative estimate of drug-likeness (QED) is 0.160. The number of carbonyl (C=O) groups is 1. The van der Waals surface area contributed by atoms with E-state index >= 15 is 0 Å². The van der Waals surface area contributed by atoms with E-state index in [1.807, 2.05) is 6.92 Å². The monoisotopic (exact) mass is 506 g/mol. The van der Waals surface area contributed by atoms with Crippen LogP contribution in [0.3, 0.4) is 0 Å². The molecule has 0 aliphatic heterocycles. The SMILES string of the molecule is CCCc1nc2ccc(Br)cc2c(=O)n1N=Cc1cc(Cl)c(OC(C)=O)c([N+](=O)[O-])c1. The molecule has 0 atom stereocenters. The lowest BCUT2D eigenvalue weighted by Crippen LogP contribution is -2.22. The summed E-state index contributed by atoms with van der Waals surface area (Å²) in [6, 6.07) is 7.70. The molecule has 0 N–H and O–H groups in total. The Morgan fingerprint density at radius 2 is 2.13 bits per heavy atom. The Morgan fingerprint density at radius 1 is 1.39 bits per heavy atom. The summed E-state index contributed by atoms with van der Waals surface area (Å²) in [4.78, 5) is 39.4. The van der Waals surface area contributed by atoms with Crippen molar-refractivity contribution in [3.8, 4) is 5.75 Å². The van der Waals surface area contributed by atoms with Crippen LogP contribution in [0.15, 0.2) is 44.7 Å². The Morgan fingerprint density at radius 3 is 2.77 bits per heavy atom. The summed E-state index contributed by atoms with van der Waals surface area (Å²) in [5, 5.41) is 15.9. The summed E-state index contributed by atoms with van der Waals surface area (Å²) >= 11 is 9.42. The molecule has 1 heterocycles. The average Bonchev–Trinajstić information content (AvgIpc) is 2.69. The van der Waals surface area contributed by atoms with E-state index in [0.29, 0.717) is 23.1 Å². The first-order valence-electron chi connectivity index (χ1n) is 9.13. The van der Waals surface area contributed by atoms with Crippen molar-refractivity contribution in [3.05, 3.63) is 71.7 Å². The van der Waals surface area contributed by atoms with Gasteiger partial charge in [-0.1, -0.05) is 34.5 Å². The highest BCUT2D eigenvalue weighted by molar-refractivity contribution is 9.10. The van der Waals surface area contributed by atoms with Crippen molar-refractivity contribution in [1.29, 1.82) is 0 Å². The number of benzene rings is 2. The molecule has 3 aromatic rings. The van der Waals surface area contributed by atoms with Crippen molar-refractivity contribution in [2.75, 3.05) is 0 Å². The number of nitro benzene ring substituents is 1. The fourth-order valence-electron chi connectivity index (χ4n) is 2.88. The Balaban J connectivity index is 2.13. The number of rotatable bonds is 6. The molecule has 160 valence electrons. The zero-order valence-electron chi connectivity index (χ0n) is 16.5. The van der Waals surface area contributed by atoms with Gasteiger partial charge in [0.05, 0.1) is 27.1 Å². The molecule has 0 saturated carbocycles. The van der Waals surface area contributed by atoms with Crippen LogP contribution in [0.25, 0.3) is 10.9 Å². The molecule has 0 amide bonds. The van der Waals surface area contributed by atoms with Gasteiger partial charge < -0.3 is 4.74 Å². The second kappa shape index (κ2) is 9.36. The van der Waals surface area contributed by atoms with Gasteiger partial charge >= 0.3 is 11.7 Å². The number of ether oxygens (including phenoxy) is 1. The lowest BCUT2D eigenvalue weighted by Gasteiger charge is -2.09. The van der Waals surface area contributed by atoms with Crippen LogP contribution in [-0.4, -0.2) is 26.8 Å². The van der Waals surface area contributed by atoms with Gasteiger partial charge in [-0.05, 0) is 30.7 Å². The summed E-state index contributed by atoms with van der Waals surface area (Å²) in [5.41, 5.74) is -0.0715. The van der Waals surface area contributed by atoms with Gasteiger partial charge in [-0.15, -0.1) is 0 Å². The highest BCUT2D eigenvalue weighted by atomic mass is 79.9. The molecule has 0 unspecified atom stereocenters. The van der Waals surface area contributed by atoms with E-state index in [1.165, 1.54) is 12.3 Å². The van der Waals surface area contributed by atoms with Crippen molar-refractivity contribution in [1.82, 2.24) is 9.66 Å². The molecule has 31 heavy (non-hydrogen) atoms. The number of hydrogen-bond donors (Lipinski definition) is 0. The first-order chi connectivity index (χ1) is 14.7. The minimum absolute atomic E-state index is 0.132.